The summed E-state index contributed by atoms with van der Waals surface area (Å²) in [5.41, 5.74) is 17.6. The highest BCUT2D eigenvalue weighted by Crippen LogP contribution is 2.19. The number of fused-ring (bicyclic) bond motifs is 1. The molecular formula is C21H29N7O6. The number of carboxylic acids is 2. The van der Waals surface area contributed by atoms with Crippen LogP contribution >= 0.6 is 0 Å². The van der Waals surface area contributed by atoms with E-state index in [1.807, 2.05) is 24.3 Å². The van der Waals surface area contributed by atoms with E-state index in [4.69, 9.17) is 22.3 Å². The molecule has 0 aliphatic carbocycles. The number of nitrogens with two attached hydrogens (primary N) is 3. The van der Waals surface area contributed by atoms with Crippen molar-refractivity contribution in [1.82, 2.24) is 15.6 Å². The molecule has 2 aromatic rings. The van der Waals surface area contributed by atoms with Gasteiger partial charge in [0.1, 0.15) is 12.1 Å². The lowest BCUT2D eigenvalue weighted by molar-refractivity contribution is -0.143. The van der Waals surface area contributed by atoms with Crippen LogP contribution in [-0.4, -0.2) is 69.6 Å². The van der Waals surface area contributed by atoms with Crippen LogP contribution in [0, 0.1) is 0 Å². The van der Waals surface area contributed by atoms with Crippen molar-refractivity contribution in [3.8, 4) is 0 Å². The van der Waals surface area contributed by atoms with Crippen molar-refractivity contribution in [1.29, 1.82) is 0 Å². The normalized spacial score (nSPS) is 13.4. The van der Waals surface area contributed by atoms with E-state index in [1.165, 1.54) is 0 Å². The first-order valence-corrected chi connectivity index (χ1v) is 10.5. The summed E-state index contributed by atoms with van der Waals surface area (Å²) in [4.78, 5) is 54.8. The van der Waals surface area contributed by atoms with Crippen molar-refractivity contribution in [3.63, 3.8) is 0 Å². The van der Waals surface area contributed by atoms with Gasteiger partial charge in [0.15, 0.2) is 5.96 Å². The van der Waals surface area contributed by atoms with Gasteiger partial charge < -0.3 is 43.0 Å². The molecule has 13 heteroatoms. The summed E-state index contributed by atoms with van der Waals surface area (Å²) in [5, 5.41) is 24.1. The molecule has 2 rings (SSSR count). The van der Waals surface area contributed by atoms with Gasteiger partial charge in [-0.2, -0.15) is 0 Å². The number of guanidine groups is 1. The Hall–Kier alpha value is -4.13. The predicted molar refractivity (Wildman–Crippen MR) is 124 cm³/mol. The van der Waals surface area contributed by atoms with Gasteiger partial charge in [-0.15, -0.1) is 0 Å². The maximum absolute atomic E-state index is 13.0. The topological polar surface area (TPSA) is 239 Å². The van der Waals surface area contributed by atoms with E-state index in [0.717, 1.165) is 10.9 Å². The summed E-state index contributed by atoms with van der Waals surface area (Å²) >= 11 is 0. The second-order valence-corrected chi connectivity index (χ2v) is 7.68. The lowest BCUT2D eigenvalue weighted by Crippen LogP contribution is -2.55. The van der Waals surface area contributed by atoms with Gasteiger partial charge in [0.05, 0.1) is 12.5 Å². The molecule has 3 atom stereocenters. The highest BCUT2D eigenvalue weighted by Gasteiger charge is 2.29. The van der Waals surface area contributed by atoms with Gasteiger partial charge in [-0.05, 0) is 24.5 Å². The number of hydrogen-bond acceptors (Lipinski definition) is 6. The number of carbonyl (C=O) groups is 4. The van der Waals surface area contributed by atoms with Crippen molar-refractivity contribution in [2.45, 2.75) is 43.8 Å². The SMILES string of the molecule is NC(N)=NCCCC(NC(=O)C(Cc1c[nH]c2ccccc12)NC(=O)C(N)CC(=O)O)C(=O)O. The molecule has 0 saturated heterocycles. The van der Waals surface area contributed by atoms with E-state index < -0.39 is 48.3 Å². The minimum absolute atomic E-state index is 0.0156. The molecule has 0 saturated carbocycles. The summed E-state index contributed by atoms with van der Waals surface area (Å²) < 4.78 is 0. The van der Waals surface area contributed by atoms with Crippen LogP contribution in [0.4, 0.5) is 0 Å². The van der Waals surface area contributed by atoms with Gasteiger partial charge in [-0.1, -0.05) is 18.2 Å². The maximum Gasteiger partial charge on any atom is 0.326 e. The Morgan fingerprint density at radius 1 is 1.03 bits per heavy atom. The van der Waals surface area contributed by atoms with Crippen LogP contribution in [-0.2, 0) is 25.6 Å². The number of benzene rings is 1. The molecule has 2 amide bonds. The van der Waals surface area contributed by atoms with E-state index in [-0.39, 0.29) is 31.8 Å². The Kier molecular flexibility index (Phi) is 9.38. The summed E-state index contributed by atoms with van der Waals surface area (Å²) in [6.07, 6.45) is 1.40. The number of para-hydroxylation sites is 1. The van der Waals surface area contributed by atoms with Crippen LogP contribution in [0.15, 0.2) is 35.5 Å². The number of aliphatic imine (C=N–C) groups is 1. The van der Waals surface area contributed by atoms with E-state index in [9.17, 15) is 24.3 Å². The van der Waals surface area contributed by atoms with Crippen LogP contribution in [0.5, 0.6) is 0 Å². The molecule has 0 radical (unpaired) electrons. The molecular weight excluding hydrogens is 446 g/mol. The number of amides is 2. The number of H-pyrrole nitrogens is 1. The van der Waals surface area contributed by atoms with Crippen molar-refractivity contribution < 1.29 is 29.4 Å². The lowest BCUT2D eigenvalue weighted by Gasteiger charge is -2.22. The van der Waals surface area contributed by atoms with Crippen LogP contribution in [0.25, 0.3) is 10.9 Å². The van der Waals surface area contributed by atoms with E-state index in [0.29, 0.717) is 5.56 Å². The Morgan fingerprint density at radius 3 is 2.35 bits per heavy atom. The third kappa shape index (κ3) is 7.78. The molecule has 1 aromatic heterocycles. The average molecular weight is 476 g/mol. The zero-order chi connectivity index (χ0) is 25.3. The Labute approximate surface area is 194 Å². The van der Waals surface area contributed by atoms with Crippen LogP contribution in [0.3, 0.4) is 0 Å². The van der Waals surface area contributed by atoms with Gasteiger partial charge in [0, 0.05) is 30.1 Å². The van der Waals surface area contributed by atoms with E-state index >= 15 is 0 Å². The average Bonchev–Trinajstić information content (AvgIpc) is 3.17. The van der Waals surface area contributed by atoms with Gasteiger partial charge in [-0.3, -0.25) is 19.4 Å². The van der Waals surface area contributed by atoms with Crippen LogP contribution in [0.1, 0.15) is 24.8 Å². The minimum atomic E-state index is -1.38. The smallest absolute Gasteiger partial charge is 0.326 e. The number of rotatable bonds is 13. The number of nitrogens with one attached hydrogen (secondary N) is 3. The van der Waals surface area contributed by atoms with Gasteiger partial charge in [0.2, 0.25) is 11.8 Å². The number of aromatic amines is 1. The van der Waals surface area contributed by atoms with Gasteiger partial charge in [-0.25, -0.2) is 4.79 Å². The molecule has 3 unspecified atom stereocenters. The second kappa shape index (κ2) is 12.2. The Bertz CT molecular complexity index is 1060. The Morgan fingerprint density at radius 2 is 1.71 bits per heavy atom. The summed E-state index contributed by atoms with van der Waals surface area (Å²) in [6, 6.07) is 3.48. The zero-order valence-electron chi connectivity index (χ0n) is 18.4. The molecule has 11 N–H and O–H groups in total. The summed E-state index contributed by atoms with van der Waals surface area (Å²) in [5.74, 6) is -4.27. The highest BCUT2D eigenvalue weighted by molar-refractivity contribution is 5.93. The standard InChI is InChI=1S/C21H29N7O6/c22-13(9-17(29)30)18(31)28-16(8-11-10-26-14-5-2-1-4-12(11)14)19(32)27-15(20(33)34)6-3-7-25-21(23)24/h1-2,4-5,10,13,15-16,26H,3,6-9,22H2,(H,27,32)(H,28,31)(H,29,30)(H,33,34)(H4,23,24,25). The molecule has 13 nitrogen and oxygen atoms in total. The highest BCUT2D eigenvalue weighted by atomic mass is 16.4. The fourth-order valence-electron chi connectivity index (χ4n) is 3.32. The number of hydrogen-bond donors (Lipinski definition) is 8. The lowest BCUT2D eigenvalue weighted by atomic mass is 10.0. The molecule has 34 heavy (non-hydrogen) atoms. The van der Waals surface area contributed by atoms with Crippen LogP contribution in [0.2, 0.25) is 0 Å². The number of nitrogens with zero attached hydrogens (tertiary/aromatic N) is 1. The first kappa shape index (κ1) is 26.1. The first-order valence-electron chi connectivity index (χ1n) is 10.5. The molecule has 0 bridgehead atoms. The minimum Gasteiger partial charge on any atom is -0.481 e. The molecule has 0 spiro atoms. The third-order valence-corrected chi connectivity index (χ3v) is 5.02. The fraction of sp³-hybridized carbons (Fsp3) is 0.381. The molecule has 0 aliphatic rings. The van der Waals surface area contributed by atoms with E-state index in [1.54, 1.807) is 6.20 Å². The number of aromatic nitrogens is 1. The second-order valence-electron chi connectivity index (χ2n) is 7.68. The fourth-order valence-corrected chi connectivity index (χ4v) is 3.32. The van der Waals surface area contributed by atoms with Crippen molar-refractivity contribution >= 4 is 40.6 Å². The zero-order valence-corrected chi connectivity index (χ0v) is 18.4. The van der Waals surface area contributed by atoms with Gasteiger partial charge in [0.25, 0.3) is 0 Å². The Balaban J connectivity index is 2.19. The largest absolute Gasteiger partial charge is 0.481 e. The third-order valence-electron chi connectivity index (χ3n) is 5.02. The maximum atomic E-state index is 13.0. The quantitative estimate of drug-likeness (QED) is 0.0965. The van der Waals surface area contributed by atoms with Crippen molar-refractivity contribution in [3.05, 3.63) is 36.0 Å². The summed E-state index contributed by atoms with van der Waals surface area (Å²) in [6.45, 7) is 0.182. The summed E-state index contributed by atoms with van der Waals surface area (Å²) in [7, 11) is 0. The van der Waals surface area contributed by atoms with Gasteiger partial charge >= 0.3 is 11.9 Å². The number of carboxylic acid groups (broad SMARTS) is 2. The molecule has 1 heterocycles. The molecule has 0 fully saturated rings. The number of aliphatic carboxylic acids is 2. The predicted octanol–water partition coefficient (Wildman–Crippen LogP) is -1.38. The van der Waals surface area contributed by atoms with Crippen LogP contribution < -0.4 is 27.8 Å². The monoisotopic (exact) mass is 475 g/mol. The molecule has 1 aromatic carbocycles. The van der Waals surface area contributed by atoms with Crippen molar-refractivity contribution in [2.24, 2.45) is 22.2 Å². The van der Waals surface area contributed by atoms with Crippen molar-refractivity contribution in [2.75, 3.05) is 6.54 Å². The molecule has 0 aliphatic heterocycles. The molecule has 184 valence electrons. The van der Waals surface area contributed by atoms with E-state index in [2.05, 4.69) is 20.6 Å². The number of carbonyl (C=O) groups excluding carboxylic acids is 2. The first-order chi connectivity index (χ1) is 16.1.